The third-order valence-corrected chi connectivity index (χ3v) is 3.32. The average Bonchev–Trinajstić information content (AvgIpc) is 2.65. The molecule has 3 heteroatoms. The first kappa shape index (κ1) is 12.5. The third kappa shape index (κ3) is 5.19. The van der Waals surface area contributed by atoms with E-state index in [-0.39, 0.29) is 0 Å². The molecule has 1 aromatic rings. The molecule has 0 spiro atoms. The summed E-state index contributed by atoms with van der Waals surface area (Å²) in [4.78, 5) is 1.34. The van der Waals surface area contributed by atoms with Crippen LogP contribution in [0.2, 0.25) is 0 Å². The van der Waals surface area contributed by atoms with Crippen molar-refractivity contribution in [3.63, 3.8) is 0 Å². The fourth-order valence-corrected chi connectivity index (χ4v) is 2.20. The Kier molecular flexibility index (Phi) is 5.73. The Hall–Kier alpha value is -0.540. The molecule has 0 unspecified atom stereocenters. The summed E-state index contributed by atoms with van der Waals surface area (Å²) in [5, 5.41) is 4.44. The zero-order valence-electron chi connectivity index (χ0n) is 9.88. The topological polar surface area (TPSA) is 21.3 Å². The molecule has 0 fully saturated rings. The van der Waals surface area contributed by atoms with Crippen LogP contribution in [0.4, 0.5) is 0 Å². The maximum Gasteiger partial charge on any atom is 0.173 e. The zero-order chi connectivity index (χ0) is 11.1. The van der Waals surface area contributed by atoms with Gasteiger partial charge in [0, 0.05) is 11.4 Å². The van der Waals surface area contributed by atoms with Crippen LogP contribution in [0.5, 0.6) is 5.06 Å². The quantitative estimate of drug-likeness (QED) is 0.722. The Morgan fingerprint density at radius 1 is 1.40 bits per heavy atom. The minimum Gasteiger partial charge on any atom is -0.487 e. The van der Waals surface area contributed by atoms with Gasteiger partial charge in [0.15, 0.2) is 5.06 Å². The van der Waals surface area contributed by atoms with Crippen LogP contribution < -0.4 is 10.1 Å². The van der Waals surface area contributed by atoms with Gasteiger partial charge in [0.25, 0.3) is 0 Å². The molecule has 1 heterocycles. The summed E-state index contributed by atoms with van der Waals surface area (Å²) in [6.45, 7) is 6.61. The highest BCUT2D eigenvalue weighted by Crippen LogP contribution is 2.23. The molecule has 0 saturated heterocycles. The standard InChI is InChI=1S/C12H21NOS/c1-10(2)5-4-8-13-9-11-6-7-12(14-3)15-11/h6-7,10,13H,4-5,8-9H2,1-3H3. The minimum atomic E-state index is 0.814. The molecule has 2 nitrogen and oxygen atoms in total. The fraction of sp³-hybridized carbons (Fsp3) is 0.667. The van der Waals surface area contributed by atoms with E-state index in [1.807, 2.05) is 6.07 Å². The van der Waals surface area contributed by atoms with Crippen molar-refractivity contribution in [1.82, 2.24) is 5.32 Å². The predicted molar refractivity (Wildman–Crippen MR) is 66.6 cm³/mol. The van der Waals surface area contributed by atoms with Gasteiger partial charge in [-0.25, -0.2) is 0 Å². The van der Waals surface area contributed by atoms with Gasteiger partial charge in [0.2, 0.25) is 0 Å². The van der Waals surface area contributed by atoms with Crippen LogP contribution in [-0.4, -0.2) is 13.7 Å². The van der Waals surface area contributed by atoms with Gasteiger partial charge in [-0.15, -0.1) is 11.3 Å². The van der Waals surface area contributed by atoms with Gasteiger partial charge in [0.1, 0.15) is 0 Å². The van der Waals surface area contributed by atoms with Crippen molar-refractivity contribution in [2.45, 2.75) is 33.2 Å². The van der Waals surface area contributed by atoms with E-state index in [0.29, 0.717) is 0 Å². The van der Waals surface area contributed by atoms with Crippen molar-refractivity contribution >= 4 is 11.3 Å². The summed E-state index contributed by atoms with van der Waals surface area (Å²) in [5.74, 6) is 0.814. The van der Waals surface area contributed by atoms with E-state index in [2.05, 4.69) is 25.2 Å². The molecule has 0 radical (unpaired) electrons. The number of methoxy groups -OCH3 is 1. The zero-order valence-corrected chi connectivity index (χ0v) is 10.7. The maximum atomic E-state index is 5.14. The van der Waals surface area contributed by atoms with Crippen LogP contribution in [0.15, 0.2) is 12.1 Å². The Bertz CT molecular complexity index is 270. The van der Waals surface area contributed by atoms with Gasteiger partial charge in [-0.05, 0) is 37.4 Å². The molecule has 0 aliphatic carbocycles. The normalized spacial score (nSPS) is 10.9. The van der Waals surface area contributed by atoms with Crippen molar-refractivity contribution in [1.29, 1.82) is 0 Å². The van der Waals surface area contributed by atoms with E-state index < -0.39 is 0 Å². The third-order valence-electron chi connectivity index (χ3n) is 2.27. The highest BCUT2D eigenvalue weighted by Gasteiger charge is 1.99. The number of hydrogen-bond acceptors (Lipinski definition) is 3. The molecule has 1 N–H and O–H groups in total. The van der Waals surface area contributed by atoms with Crippen LogP contribution in [0, 0.1) is 5.92 Å². The Labute approximate surface area is 96.7 Å². The van der Waals surface area contributed by atoms with Crippen LogP contribution in [0.3, 0.4) is 0 Å². The molecule has 0 aliphatic rings. The van der Waals surface area contributed by atoms with Crippen molar-refractivity contribution in [2.24, 2.45) is 5.92 Å². The number of ether oxygens (including phenoxy) is 1. The van der Waals surface area contributed by atoms with Crippen molar-refractivity contribution < 1.29 is 4.74 Å². The van der Waals surface area contributed by atoms with E-state index >= 15 is 0 Å². The molecule has 0 amide bonds. The molecule has 0 saturated carbocycles. The number of hydrogen-bond donors (Lipinski definition) is 1. The molecule has 1 aromatic heterocycles. The SMILES string of the molecule is COc1ccc(CNCCCC(C)C)s1. The highest BCUT2D eigenvalue weighted by molar-refractivity contribution is 7.13. The lowest BCUT2D eigenvalue weighted by molar-refractivity contribution is 0.427. The van der Waals surface area contributed by atoms with Crippen LogP contribution >= 0.6 is 11.3 Å². The molecule has 0 bridgehead atoms. The van der Waals surface area contributed by atoms with Gasteiger partial charge in [-0.1, -0.05) is 13.8 Å². The van der Waals surface area contributed by atoms with Gasteiger partial charge in [-0.3, -0.25) is 0 Å². The second-order valence-electron chi connectivity index (χ2n) is 4.14. The molecule has 15 heavy (non-hydrogen) atoms. The molecule has 86 valence electrons. The first-order valence-electron chi connectivity index (χ1n) is 5.55. The first-order valence-corrected chi connectivity index (χ1v) is 6.37. The number of thiophene rings is 1. The second-order valence-corrected chi connectivity index (χ2v) is 5.27. The summed E-state index contributed by atoms with van der Waals surface area (Å²) in [6, 6.07) is 4.15. The van der Waals surface area contributed by atoms with Crippen molar-refractivity contribution in [3.05, 3.63) is 17.0 Å². The van der Waals surface area contributed by atoms with Gasteiger partial charge < -0.3 is 10.1 Å². The monoisotopic (exact) mass is 227 g/mol. The van der Waals surface area contributed by atoms with Crippen LogP contribution in [-0.2, 0) is 6.54 Å². The molecular weight excluding hydrogens is 206 g/mol. The smallest absolute Gasteiger partial charge is 0.173 e. The minimum absolute atomic E-state index is 0.814. The van der Waals surface area contributed by atoms with Gasteiger partial charge in [-0.2, -0.15) is 0 Å². The fourth-order valence-electron chi connectivity index (χ4n) is 1.41. The lowest BCUT2D eigenvalue weighted by atomic mass is 10.1. The van der Waals surface area contributed by atoms with Gasteiger partial charge >= 0.3 is 0 Å². The summed E-state index contributed by atoms with van der Waals surface area (Å²) in [7, 11) is 1.71. The Balaban J connectivity index is 2.09. The molecular formula is C12H21NOS. The van der Waals surface area contributed by atoms with Crippen LogP contribution in [0.25, 0.3) is 0 Å². The molecule has 0 atom stereocenters. The molecule has 0 aliphatic heterocycles. The number of nitrogens with one attached hydrogen (secondary N) is 1. The lowest BCUT2D eigenvalue weighted by Crippen LogP contribution is -2.14. The summed E-state index contributed by atoms with van der Waals surface area (Å²) < 4.78 is 5.14. The summed E-state index contributed by atoms with van der Waals surface area (Å²) >= 11 is 1.71. The molecule has 1 rings (SSSR count). The first-order chi connectivity index (χ1) is 7.22. The van der Waals surface area contributed by atoms with E-state index in [4.69, 9.17) is 4.74 Å². The Morgan fingerprint density at radius 2 is 2.20 bits per heavy atom. The largest absolute Gasteiger partial charge is 0.487 e. The van der Waals surface area contributed by atoms with E-state index in [1.54, 1.807) is 18.4 Å². The van der Waals surface area contributed by atoms with Crippen LogP contribution in [0.1, 0.15) is 31.6 Å². The average molecular weight is 227 g/mol. The van der Waals surface area contributed by atoms with E-state index in [0.717, 1.165) is 24.1 Å². The lowest BCUT2D eigenvalue weighted by Gasteiger charge is -2.05. The summed E-state index contributed by atoms with van der Waals surface area (Å²) in [5.41, 5.74) is 0. The van der Waals surface area contributed by atoms with E-state index in [1.165, 1.54) is 17.7 Å². The van der Waals surface area contributed by atoms with Gasteiger partial charge in [0.05, 0.1) is 7.11 Å². The van der Waals surface area contributed by atoms with Crippen molar-refractivity contribution in [3.8, 4) is 5.06 Å². The van der Waals surface area contributed by atoms with E-state index in [9.17, 15) is 0 Å². The van der Waals surface area contributed by atoms with Crippen molar-refractivity contribution in [2.75, 3.05) is 13.7 Å². The number of rotatable bonds is 7. The summed E-state index contributed by atoms with van der Waals surface area (Å²) in [6.07, 6.45) is 2.57. The molecule has 0 aromatic carbocycles. The maximum absolute atomic E-state index is 5.14. The predicted octanol–water partition coefficient (Wildman–Crippen LogP) is 3.28. The Morgan fingerprint density at radius 3 is 2.80 bits per heavy atom. The highest BCUT2D eigenvalue weighted by atomic mass is 32.1. The second kappa shape index (κ2) is 6.85.